The molecular weight excluding hydrogens is 226 g/mol. The van der Waals surface area contributed by atoms with Crippen LogP contribution in [0, 0.1) is 6.92 Å². The Hall–Kier alpha value is -1.28. The van der Waals surface area contributed by atoms with Crippen molar-refractivity contribution in [2.45, 2.75) is 19.9 Å². The summed E-state index contributed by atoms with van der Waals surface area (Å²) in [5.74, 6) is 1.11. The monoisotopic (exact) mass is 243 g/mol. The van der Waals surface area contributed by atoms with E-state index in [2.05, 4.69) is 67.4 Å². The molecule has 1 nitrogen and oxygen atoms in total. The van der Waals surface area contributed by atoms with Crippen molar-refractivity contribution < 1.29 is 0 Å². The number of benzene rings is 1. The zero-order valence-electron chi connectivity index (χ0n) is 10.3. The van der Waals surface area contributed by atoms with Crippen LogP contribution in [0.25, 0.3) is 6.08 Å². The number of hydrogen-bond donors (Lipinski definition) is 0. The van der Waals surface area contributed by atoms with Gasteiger partial charge in [0.15, 0.2) is 0 Å². The summed E-state index contributed by atoms with van der Waals surface area (Å²) in [4.78, 5) is 4.50. The molecule has 0 fully saturated rings. The first-order chi connectivity index (χ1) is 8.24. The van der Waals surface area contributed by atoms with E-state index in [1.807, 2.05) is 11.8 Å². The molecule has 0 aromatic heterocycles. The largest absolute Gasteiger partial charge is 0.275 e. The zero-order chi connectivity index (χ0) is 12.1. The van der Waals surface area contributed by atoms with E-state index in [1.54, 1.807) is 0 Å². The minimum atomic E-state index is 0.473. The van der Waals surface area contributed by atoms with Crippen LogP contribution < -0.4 is 0 Å². The fraction of sp³-hybridized carbons (Fsp3) is 0.267. The van der Waals surface area contributed by atoms with E-state index in [1.165, 1.54) is 11.1 Å². The number of nitrogens with zero attached hydrogens (tertiary/aromatic N) is 1. The summed E-state index contributed by atoms with van der Waals surface area (Å²) in [6.07, 6.45) is 8.32. The second-order valence-corrected chi connectivity index (χ2v) is 5.30. The van der Waals surface area contributed by atoms with Gasteiger partial charge >= 0.3 is 0 Å². The predicted molar refractivity (Wildman–Crippen MR) is 78.7 cm³/mol. The molecule has 1 atom stereocenters. The van der Waals surface area contributed by atoms with Crippen molar-refractivity contribution in [3.8, 4) is 0 Å². The maximum Gasteiger partial charge on any atom is 0.0908 e. The molecule has 1 aliphatic rings. The van der Waals surface area contributed by atoms with Gasteiger partial charge in [-0.3, -0.25) is 4.99 Å². The van der Waals surface area contributed by atoms with Crippen LogP contribution in [-0.4, -0.2) is 16.8 Å². The van der Waals surface area contributed by atoms with E-state index in [0.717, 1.165) is 10.8 Å². The second kappa shape index (κ2) is 5.87. The van der Waals surface area contributed by atoms with Gasteiger partial charge in [0.2, 0.25) is 0 Å². The summed E-state index contributed by atoms with van der Waals surface area (Å²) in [5.41, 5.74) is 2.53. The van der Waals surface area contributed by atoms with Gasteiger partial charge in [-0.05, 0) is 25.5 Å². The molecule has 2 heteroatoms. The predicted octanol–water partition coefficient (Wildman–Crippen LogP) is 4.10. The van der Waals surface area contributed by atoms with Crippen molar-refractivity contribution in [1.82, 2.24) is 0 Å². The van der Waals surface area contributed by atoms with Gasteiger partial charge < -0.3 is 0 Å². The van der Waals surface area contributed by atoms with Crippen molar-refractivity contribution in [2.24, 2.45) is 4.99 Å². The molecule has 88 valence electrons. The van der Waals surface area contributed by atoms with E-state index in [9.17, 15) is 0 Å². The number of aliphatic imine (C=N–C) groups is 1. The number of hydrogen-bond acceptors (Lipinski definition) is 2. The molecule has 0 saturated carbocycles. The highest BCUT2D eigenvalue weighted by molar-refractivity contribution is 8.14. The van der Waals surface area contributed by atoms with Gasteiger partial charge in [-0.25, -0.2) is 0 Å². The topological polar surface area (TPSA) is 12.4 Å². The van der Waals surface area contributed by atoms with Gasteiger partial charge in [0.25, 0.3) is 0 Å². The van der Waals surface area contributed by atoms with Gasteiger partial charge in [-0.1, -0.05) is 48.1 Å². The summed E-state index contributed by atoms with van der Waals surface area (Å²) < 4.78 is 0. The van der Waals surface area contributed by atoms with Gasteiger partial charge in [-0.2, -0.15) is 0 Å². The van der Waals surface area contributed by atoms with Crippen LogP contribution in [0.5, 0.6) is 0 Å². The van der Waals surface area contributed by atoms with Crippen LogP contribution in [0.4, 0.5) is 0 Å². The first-order valence-corrected chi connectivity index (χ1v) is 6.84. The molecule has 17 heavy (non-hydrogen) atoms. The normalized spacial score (nSPS) is 20.4. The van der Waals surface area contributed by atoms with Crippen molar-refractivity contribution in [2.75, 3.05) is 5.75 Å². The van der Waals surface area contributed by atoms with Crippen LogP contribution in [-0.2, 0) is 0 Å². The van der Waals surface area contributed by atoms with Crippen molar-refractivity contribution >= 4 is 22.9 Å². The average molecular weight is 243 g/mol. The Morgan fingerprint density at radius 1 is 1.18 bits per heavy atom. The lowest BCUT2D eigenvalue weighted by Crippen LogP contribution is -1.92. The first-order valence-electron chi connectivity index (χ1n) is 5.86. The third-order valence-electron chi connectivity index (χ3n) is 2.54. The molecular formula is C15H17NS. The van der Waals surface area contributed by atoms with Crippen LogP contribution in [0.1, 0.15) is 18.1 Å². The maximum atomic E-state index is 4.50. The molecule has 0 N–H and O–H groups in total. The lowest BCUT2D eigenvalue weighted by molar-refractivity contribution is 0.866. The van der Waals surface area contributed by atoms with Gasteiger partial charge in [0.05, 0.1) is 11.1 Å². The van der Waals surface area contributed by atoms with Crippen LogP contribution in [0.3, 0.4) is 0 Å². The Labute approximate surface area is 107 Å². The second-order valence-electron chi connectivity index (χ2n) is 4.26. The van der Waals surface area contributed by atoms with E-state index in [0.29, 0.717) is 6.04 Å². The summed E-state index contributed by atoms with van der Waals surface area (Å²) in [7, 11) is 0. The van der Waals surface area contributed by atoms with Crippen molar-refractivity contribution in [3.05, 3.63) is 53.6 Å². The minimum absolute atomic E-state index is 0.473. The van der Waals surface area contributed by atoms with Crippen molar-refractivity contribution in [1.29, 1.82) is 0 Å². The molecule has 0 saturated heterocycles. The Morgan fingerprint density at radius 3 is 2.53 bits per heavy atom. The Kier molecular flexibility index (Phi) is 4.21. The highest BCUT2D eigenvalue weighted by Crippen LogP contribution is 2.18. The molecule has 2 rings (SSSR count). The Bertz CT molecular complexity index is 454. The first kappa shape index (κ1) is 12.2. The number of allylic oxidation sites excluding steroid dienone is 2. The van der Waals surface area contributed by atoms with Gasteiger partial charge in [-0.15, -0.1) is 11.8 Å². The Balaban J connectivity index is 1.91. The van der Waals surface area contributed by atoms with E-state index in [4.69, 9.17) is 0 Å². The summed E-state index contributed by atoms with van der Waals surface area (Å²) in [6.45, 7) is 4.25. The van der Waals surface area contributed by atoms with Gasteiger partial charge in [0, 0.05) is 5.75 Å². The smallest absolute Gasteiger partial charge is 0.0908 e. The Morgan fingerprint density at radius 2 is 1.88 bits per heavy atom. The minimum Gasteiger partial charge on any atom is -0.275 e. The van der Waals surface area contributed by atoms with Crippen LogP contribution in [0.2, 0.25) is 0 Å². The molecule has 0 spiro atoms. The molecule has 0 unspecified atom stereocenters. The molecule has 0 amide bonds. The summed E-state index contributed by atoms with van der Waals surface area (Å²) >= 11 is 1.83. The van der Waals surface area contributed by atoms with Crippen LogP contribution in [0.15, 0.2) is 47.5 Å². The molecule has 1 aliphatic heterocycles. The highest BCUT2D eigenvalue weighted by Gasteiger charge is 2.10. The molecule has 0 radical (unpaired) electrons. The quantitative estimate of drug-likeness (QED) is 0.728. The fourth-order valence-corrected chi connectivity index (χ4v) is 2.49. The molecule has 1 heterocycles. The number of thioether (sulfide) groups is 1. The summed E-state index contributed by atoms with van der Waals surface area (Å²) in [6, 6.07) is 8.98. The zero-order valence-corrected chi connectivity index (χ0v) is 11.1. The maximum absolute atomic E-state index is 4.50. The standard InChI is InChI=1S/C15H17NS/c1-12-7-9-14(10-8-12)5-3-4-6-15-16-13(2)11-17-15/h3-10,13H,11H2,1-2H3/b5-3+,6-4+/t13-/m0/s1. The molecule has 0 aliphatic carbocycles. The summed E-state index contributed by atoms with van der Waals surface area (Å²) in [5, 5.41) is 1.14. The molecule has 1 aromatic carbocycles. The van der Waals surface area contributed by atoms with E-state index < -0.39 is 0 Å². The third kappa shape index (κ3) is 3.90. The number of aryl methyl sites for hydroxylation is 1. The highest BCUT2D eigenvalue weighted by atomic mass is 32.2. The number of rotatable bonds is 3. The van der Waals surface area contributed by atoms with Gasteiger partial charge in [0.1, 0.15) is 0 Å². The average Bonchev–Trinajstić information content (AvgIpc) is 2.73. The SMILES string of the molecule is Cc1ccc(/C=C/C=C/C2=N[C@@H](C)CS2)cc1. The lowest BCUT2D eigenvalue weighted by Gasteiger charge is -1.93. The van der Waals surface area contributed by atoms with Crippen LogP contribution >= 0.6 is 11.8 Å². The lowest BCUT2D eigenvalue weighted by atomic mass is 10.1. The molecule has 1 aromatic rings. The molecule has 0 bridgehead atoms. The van der Waals surface area contributed by atoms with Crippen molar-refractivity contribution in [3.63, 3.8) is 0 Å². The third-order valence-corrected chi connectivity index (χ3v) is 3.72. The van der Waals surface area contributed by atoms with E-state index >= 15 is 0 Å². The fourth-order valence-electron chi connectivity index (χ4n) is 1.57. The van der Waals surface area contributed by atoms with E-state index in [-0.39, 0.29) is 0 Å².